The summed E-state index contributed by atoms with van der Waals surface area (Å²) in [5, 5.41) is 14.9. The lowest BCUT2D eigenvalue weighted by Gasteiger charge is -2.10. The Hall–Kier alpha value is -2.82. The zero-order valence-corrected chi connectivity index (χ0v) is 15.6. The number of nitro groups is 1. The van der Waals surface area contributed by atoms with Gasteiger partial charge in [0.05, 0.1) is 35.4 Å². The van der Waals surface area contributed by atoms with Crippen molar-refractivity contribution in [3.05, 3.63) is 56.0 Å². The third kappa shape index (κ3) is 4.88. The molecular weight excluding hydrogens is 435 g/mol. The molecule has 1 N–H and O–H groups in total. The van der Waals surface area contributed by atoms with Gasteiger partial charge in [-0.1, -0.05) is 0 Å². The van der Waals surface area contributed by atoms with Crippen molar-refractivity contribution in [1.29, 1.82) is 0 Å². The molecule has 144 valence electrons. The monoisotopic (exact) mass is 447 g/mol. The summed E-state index contributed by atoms with van der Waals surface area (Å²) in [6.07, 6.45) is -3.38. The van der Waals surface area contributed by atoms with E-state index in [4.69, 9.17) is 9.47 Å². The van der Waals surface area contributed by atoms with Gasteiger partial charge < -0.3 is 9.47 Å². The lowest BCUT2D eigenvalue weighted by molar-refractivity contribution is -0.384. The van der Waals surface area contributed by atoms with Crippen molar-refractivity contribution in [2.45, 2.75) is 6.18 Å². The van der Waals surface area contributed by atoms with E-state index in [0.717, 1.165) is 12.1 Å². The number of nitro benzene ring substituents is 1. The average Bonchev–Trinajstić information content (AvgIpc) is 2.61. The quantitative estimate of drug-likeness (QED) is 0.389. The first kappa shape index (κ1) is 20.5. The minimum absolute atomic E-state index is 0.184. The second-order valence-corrected chi connectivity index (χ2v) is 5.94. The molecule has 0 unspecified atom stereocenters. The second-order valence-electron chi connectivity index (χ2n) is 5.09. The Morgan fingerprint density at radius 2 is 1.85 bits per heavy atom. The third-order valence-corrected chi connectivity index (χ3v) is 4.03. The van der Waals surface area contributed by atoms with Gasteiger partial charge in [0.25, 0.3) is 5.69 Å². The molecule has 2 aromatic rings. The highest BCUT2D eigenvalue weighted by Gasteiger charge is 2.33. The molecule has 7 nitrogen and oxygen atoms in total. The molecule has 2 aromatic carbocycles. The van der Waals surface area contributed by atoms with Gasteiger partial charge in [0.15, 0.2) is 0 Å². The molecule has 0 saturated heterocycles. The summed E-state index contributed by atoms with van der Waals surface area (Å²) in [6.45, 7) is 0. The number of nitrogens with one attached hydrogen (secondary N) is 1. The van der Waals surface area contributed by atoms with E-state index in [1.807, 2.05) is 0 Å². The van der Waals surface area contributed by atoms with E-state index in [9.17, 15) is 23.3 Å². The van der Waals surface area contributed by atoms with Crippen molar-refractivity contribution in [3.8, 4) is 11.5 Å². The number of nitrogens with zero attached hydrogens (tertiary/aromatic N) is 2. The molecular formula is C16H13BrF3N3O4. The molecule has 2 rings (SSSR count). The van der Waals surface area contributed by atoms with Crippen molar-refractivity contribution in [2.24, 2.45) is 5.10 Å². The first-order chi connectivity index (χ1) is 12.7. The van der Waals surface area contributed by atoms with Crippen LogP contribution in [0.2, 0.25) is 0 Å². The lowest BCUT2D eigenvalue weighted by Crippen LogP contribution is -2.06. The predicted octanol–water partition coefficient (Wildman–Crippen LogP) is 4.84. The Kier molecular flexibility index (Phi) is 6.26. The van der Waals surface area contributed by atoms with Crippen LogP contribution in [0.5, 0.6) is 11.5 Å². The minimum atomic E-state index is -4.69. The van der Waals surface area contributed by atoms with E-state index in [0.29, 0.717) is 27.6 Å². The first-order valence-electron chi connectivity index (χ1n) is 7.23. The second kappa shape index (κ2) is 8.25. The van der Waals surface area contributed by atoms with E-state index in [1.165, 1.54) is 20.4 Å². The van der Waals surface area contributed by atoms with Gasteiger partial charge in [-0.2, -0.15) is 18.3 Å². The Morgan fingerprint density at radius 3 is 2.41 bits per heavy atom. The number of halogens is 4. The van der Waals surface area contributed by atoms with Gasteiger partial charge in [0, 0.05) is 17.7 Å². The molecule has 0 amide bonds. The molecule has 27 heavy (non-hydrogen) atoms. The number of benzene rings is 2. The van der Waals surface area contributed by atoms with Crippen LogP contribution in [0.1, 0.15) is 11.1 Å². The van der Waals surface area contributed by atoms with Gasteiger partial charge in [-0.3, -0.25) is 15.5 Å². The molecule has 0 bridgehead atoms. The summed E-state index contributed by atoms with van der Waals surface area (Å²) in [5.74, 6) is 0.942. The van der Waals surface area contributed by atoms with Crippen LogP contribution in [0.15, 0.2) is 39.9 Å². The molecule has 0 fully saturated rings. The number of methoxy groups -OCH3 is 2. The highest BCUT2D eigenvalue weighted by Crippen LogP contribution is 2.35. The number of ether oxygens (including phenoxy) is 2. The van der Waals surface area contributed by atoms with Crippen LogP contribution >= 0.6 is 15.9 Å². The van der Waals surface area contributed by atoms with E-state index >= 15 is 0 Å². The number of anilines is 1. The predicted molar refractivity (Wildman–Crippen MR) is 96.6 cm³/mol. The summed E-state index contributed by atoms with van der Waals surface area (Å²) in [4.78, 5) is 10.1. The van der Waals surface area contributed by atoms with Crippen LogP contribution in [0, 0.1) is 10.1 Å². The maximum atomic E-state index is 12.7. The maximum absolute atomic E-state index is 12.7. The molecule has 0 saturated carbocycles. The maximum Gasteiger partial charge on any atom is 0.416 e. The van der Waals surface area contributed by atoms with Crippen LogP contribution in [0.25, 0.3) is 0 Å². The number of rotatable bonds is 6. The zero-order valence-electron chi connectivity index (χ0n) is 14.0. The fraction of sp³-hybridized carbons (Fsp3) is 0.188. The van der Waals surface area contributed by atoms with Gasteiger partial charge in [-0.15, -0.1) is 0 Å². The minimum Gasteiger partial charge on any atom is -0.496 e. The van der Waals surface area contributed by atoms with E-state index in [-0.39, 0.29) is 5.69 Å². The van der Waals surface area contributed by atoms with Gasteiger partial charge >= 0.3 is 6.18 Å². The Balaban J connectivity index is 2.31. The van der Waals surface area contributed by atoms with Crippen molar-refractivity contribution >= 4 is 33.5 Å². The van der Waals surface area contributed by atoms with Crippen LogP contribution < -0.4 is 14.9 Å². The first-order valence-corrected chi connectivity index (χ1v) is 8.03. The van der Waals surface area contributed by atoms with Gasteiger partial charge in [0.1, 0.15) is 17.2 Å². The smallest absolute Gasteiger partial charge is 0.416 e. The summed E-state index contributed by atoms with van der Waals surface area (Å²) < 4.78 is 49.1. The molecule has 0 spiro atoms. The number of hydrogen-bond acceptors (Lipinski definition) is 6. The van der Waals surface area contributed by atoms with Crippen molar-refractivity contribution < 1.29 is 27.6 Å². The Labute approximate surface area is 160 Å². The van der Waals surface area contributed by atoms with E-state index < -0.39 is 22.4 Å². The zero-order chi connectivity index (χ0) is 20.2. The third-order valence-electron chi connectivity index (χ3n) is 3.41. The molecule has 0 aliphatic rings. The highest BCUT2D eigenvalue weighted by atomic mass is 79.9. The van der Waals surface area contributed by atoms with E-state index in [2.05, 4.69) is 26.5 Å². The van der Waals surface area contributed by atoms with Crippen LogP contribution in [-0.2, 0) is 6.18 Å². The van der Waals surface area contributed by atoms with E-state index in [1.54, 1.807) is 12.1 Å². The molecule has 0 aliphatic heterocycles. The van der Waals surface area contributed by atoms with Crippen LogP contribution in [0.4, 0.5) is 24.5 Å². The summed E-state index contributed by atoms with van der Waals surface area (Å²) >= 11 is 3.31. The SMILES string of the molecule is COc1cc(OC)c(/C=N/Nc2ccc(C(F)(F)F)cc2[N+](=O)[O-])cc1Br. The van der Waals surface area contributed by atoms with Crippen molar-refractivity contribution in [1.82, 2.24) is 0 Å². The summed E-state index contributed by atoms with van der Waals surface area (Å²) in [7, 11) is 2.92. The number of hydrogen-bond donors (Lipinski definition) is 1. The number of hydrazone groups is 1. The molecule has 0 aromatic heterocycles. The summed E-state index contributed by atoms with van der Waals surface area (Å²) in [5.41, 5.74) is 0.835. The van der Waals surface area contributed by atoms with Gasteiger partial charge in [-0.05, 0) is 34.1 Å². The largest absolute Gasteiger partial charge is 0.496 e. The van der Waals surface area contributed by atoms with Gasteiger partial charge in [0.2, 0.25) is 0 Å². The van der Waals surface area contributed by atoms with Gasteiger partial charge in [-0.25, -0.2) is 0 Å². The van der Waals surface area contributed by atoms with Crippen LogP contribution in [0.3, 0.4) is 0 Å². The molecule has 0 heterocycles. The van der Waals surface area contributed by atoms with Crippen molar-refractivity contribution in [3.63, 3.8) is 0 Å². The average molecular weight is 448 g/mol. The lowest BCUT2D eigenvalue weighted by atomic mass is 10.1. The molecule has 0 atom stereocenters. The fourth-order valence-corrected chi connectivity index (χ4v) is 2.63. The molecule has 0 aliphatic carbocycles. The normalized spacial score (nSPS) is 11.5. The molecule has 11 heteroatoms. The number of alkyl halides is 3. The molecule has 0 radical (unpaired) electrons. The fourth-order valence-electron chi connectivity index (χ4n) is 2.11. The highest BCUT2D eigenvalue weighted by molar-refractivity contribution is 9.10. The Morgan fingerprint density at radius 1 is 1.19 bits per heavy atom. The standard InChI is InChI=1S/C16H13BrF3N3O4/c1-26-14-7-15(27-2)11(17)5-9(14)8-21-22-12-4-3-10(16(18,19)20)6-13(12)23(24)25/h3-8,22H,1-2H3/b21-8+. The van der Waals surface area contributed by atoms with Crippen molar-refractivity contribution in [2.75, 3.05) is 19.6 Å². The van der Waals surface area contributed by atoms with Crippen LogP contribution in [-0.4, -0.2) is 25.4 Å². The topological polar surface area (TPSA) is 86.0 Å². The summed E-state index contributed by atoms with van der Waals surface area (Å²) in [6, 6.07) is 5.37. The Bertz CT molecular complexity index is 888.